The molecule has 3 heterocycles. The molecule has 0 aliphatic heterocycles. The number of benzene rings is 5. The van der Waals surface area contributed by atoms with Crippen LogP contribution in [0.15, 0.2) is 121 Å². The van der Waals surface area contributed by atoms with Gasteiger partial charge < -0.3 is 4.57 Å². The maximum atomic E-state index is 6.50. The quantitative estimate of drug-likeness (QED) is 0.210. The number of nitrogens with zero attached hydrogens (tertiary/aromatic N) is 3. The lowest BCUT2D eigenvalue weighted by atomic mass is 10.0. The number of hydrogen-bond donors (Lipinski definition) is 0. The monoisotopic (exact) mass is 537 g/mol. The van der Waals surface area contributed by atoms with E-state index in [4.69, 9.17) is 16.6 Å². The molecule has 0 saturated carbocycles. The van der Waals surface area contributed by atoms with Crippen molar-refractivity contribution in [1.29, 1.82) is 0 Å². The maximum Gasteiger partial charge on any atom is 0.223 e. The van der Waals surface area contributed by atoms with Crippen LogP contribution in [0.4, 0.5) is 0 Å². The summed E-state index contributed by atoms with van der Waals surface area (Å²) in [4.78, 5) is 10.6. The third-order valence-corrected chi connectivity index (χ3v) is 8.72. The van der Waals surface area contributed by atoms with Gasteiger partial charge in [-0.15, -0.1) is 11.3 Å². The Hall–Kier alpha value is -4.51. The topological polar surface area (TPSA) is 30.7 Å². The zero-order chi connectivity index (χ0) is 25.9. The standard InChI is InChI=1S/C34H20ClN3S/c35-34-36-27-17-15-23-20-30(21-9-3-1-4-10-21)39-33(23)31(27)32(37-34)22-16-18-29-26(19-22)25-13-7-8-14-28(25)38(29)24-11-5-2-6-12-24/h1-20H. The molecule has 5 aromatic carbocycles. The number of rotatable bonds is 3. The van der Waals surface area contributed by atoms with Gasteiger partial charge in [0.1, 0.15) is 0 Å². The van der Waals surface area contributed by atoms with Gasteiger partial charge >= 0.3 is 0 Å². The fourth-order valence-corrected chi connectivity index (χ4v) is 7.00. The minimum atomic E-state index is 0.253. The van der Waals surface area contributed by atoms with Crippen molar-refractivity contribution in [3.63, 3.8) is 0 Å². The van der Waals surface area contributed by atoms with Crippen molar-refractivity contribution < 1.29 is 0 Å². The summed E-state index contributed by atoms with van der Waals surface area (Å²) < 4.78 is 3.49. The molecular weight excluding hydrogens is 518 g/mol. The average molecular weight is 538 g/mol. The van der Waals surface area contributed by atoms with E-state index in [1.807, 2.05) is 12.1 Å². The van der Waals surface area contributed by atoms with Crippen molar-refractivity contribution in [3.8, 4) is 27.4 Å². The van der Waals surface area contributed by atoms with Crippen LogP contribution in [0.1, 0.15) is 0 Å². The molecule has 0 bridgehead atoms. The zero-order valence-corrected chi connectivity index (χ0v) is 22.2. The molecule has 0 fully saturated rings. The van der Waals surface area contributed by atoms with Crippen molar-refractivity contribution in [1.82, 2.24) is 14.5 Å². The number of halogens is 1. The van der Waals surface area contributed by atoms with Gasteiger partial charge in [-0.1, -0.05) is 78.9 Å². The van der Waals surface area contributed by atoms with Gasteiger partial charge in [0.2, 0.25) is 5.28 Å². The lowest BCUT2D eigenvalue weighted by Crippen LogP contribution is -1.94. The first-order chi connectivity index (χ1) is 19.2. The summed E-state index contributed by atoms with van der Waals surface area (Å²) in [6.45, 7) is 0. The van der Waals surface area contributed by atoms with Gasteiger partial charge in [-0.05, 0) is 65.0 Å². The molecule has 0 atom stereocenters. The van der Waals surface area contributed by atoms with E-state index >= 15 is 0 Å². The van der Waals surface area contributed by atoms with Crippen molar-refractivity contribution in [3.05, 3.63) is 127 Å². The Morgan fingerprint density at radius 1 is 0.615 bits per heavy atom. The van der Waals surface area contributed by atoms with Crippen LogP contribution in [-0.2, 0) is 0 Å². The van der Waals surface area contributed by atoms with Crippen LogP contribution in [0.25, 0.3) is 70.2 Å². The molecule has 0 N–H and O–H groups in total. The molecule has 184 valence electrons. The van der Waals surface area contributed by atoms with E-state index in [9.17, 15) is 0 Å². The highest BCUT2D eigenvalue weighted by molar-refractivity contribution is 7.23. The van der Waals surface area contributed by atoms with E-state index in [2.05, 4.69) is 119 Å². The fourth-order valence-electron chi connectivity index (χ4n) is 5.62. The van der Waals surface area contributed by atoms with Crippen LogP contribution in [-0.4, -0.2) is 14.5 Å². The predicted octanol–water partition coefficient (Wildman–Crippen LogP) is 9.93. The van der Waals surface area contributed by atoms with E-state index in [-0.39, 0.29) is 5.28 Å². The molecule has 0 spiro atoms. The zero-order valence-electron chi connectivity index (χ0n) is 20.7. The Balaban J connectivity index is 1.41. The van der Waals surface area contributed by atoms with Crippen LogP contribution in [0.5, 0.6) is 0 Å². The fraction of sp³-hybridized carbons (Fsp3) is 0. The Morgan fingerprint density at radius 2 is 1.36 bits per heavy atom. The van der Waals surface area contributed by atoms with E-state index in [1.54, 1.807) is 11.3 Å². The van der Waals surface area contributed by atoms with Gasteiger partial charge in [-0.3, -0.25) is 0 Å². The number of thiophene rings is 1. The molecule has 0 amide bonds. The van der Waals surface area contributed by atoms with Gasteiger partial charge in [0, 0.05) is 37.0 Å². The van der Waals surface area contributed by atoms with Crippen LogP contribution in [0.2, 0.25) is 5.28 Å². The molecule has 0 aliphatic rings. The molecule has 8 aromatic rings. The van der Waals surface area contributed by atoms with Crippen LogP contribution in [0, 0.1) is 0 Å². The lowest BCUT2D eigenvalue weighted by Gasteiger charge is -2.10. The minimum Gasteiger partial charge on any atom is -0.309 e. The van der Waals surface area contributed by atoms with Crippen LogP contribution >= 0.6 is 22.9 Å². The first-order valence-corrected chi connectivity index (χ1v) is 14.0. The first-order valence-electron chi connectivity index (χ1n) is 12.8. The van der Waals surface area contributed by atoms with E-state index < -0.39 is 0 Å². The molecular formula is C34H20ClN3S. The molecule has 0 radical (unpaired) electrons. The summed E-state index contributed by atoms with van der Waals surface area (Å²) >= 11 is 8.28. The van der Waals surface area contributed by atoms with Crippen LogP contribution < -0.4 is 0 Å². The van der Waals surface area contributed by atoms with Crippen LogP contribution in [0.3, 0.4) is 0 Å². The summed E-state index contributed by atoms with van der Waals surface area (Å²) in [5.74, 6) is 0. The van der Waals surface area contributed by atoms with Crippen molar-refractivity contribution in [2.24, 2.45) is 0 Å². The number of hydrogen-bond acceptors (Lipinski definition) is 3. The maximum absolute atomic E-state index is 6.50. The van der Waals surface area contributed by atoms with Gasteiger partial charge in [0.15, 0.2) is 0 Å². The Morgan fingerprint density at radius 3 is 2.21 bits per heavy atom. The van der Waals surface area contributed by atoms with Gasteiger partial charge in [-0.25, -0.2) is 9.97 Å². The summed E-state index contributed by atoms with van der Waals surface area (Å²) in [7, 11) is 0. The Labute approximate surface area is 233 Å². The molecule has 3 nitrogen and oxygen atoms in total. The third kappa shape index (κ3) is 3.57. The highest BCUT2D eigenvalue weighted by atomic mass is 35.5. The SMILES string of the molecule is Clc1nc(-c2ccc3c(c2)c2ccccc2n3-c2ccccc2)c2c(ccc3cc(-c4ccccc4)sc32)n1. The minimum absolute atomic E-state index is 0.253. The summed E-state index contributed by atoms with van der Waals surface area (Å²) in [5.41, 5.74) is 7.41. The molecule has 0 unspecified atom stereocenters. The van der Waals surface area contributed by atoms with Gasteiger partial charge in [0.25, 0.3) is 0 Å². The molecule has 5 heteroatoms. The van der Waals surface area contributed by atoms with E-state index in [0.717, 1.165) is 33.4 Å². The molecule has 3 aromatic heterocycles. The second-order valence-corrected chi connectivity index (χ2v) is 11.0. The highest BCUT2D eigenvalue weighted by Gasteiger charge is 2.18. The number of aromatic nitrogens is 3. The predicted molar refractivity (Wildman–Crippen MR) is 165 cm³/mol. The molecule has 39 heavy (non-hydrogen) atoms. The third-order valence-electron chi connectivity index (χ3n) is 7.34. The van der Waals surface area contributed by atoms with E-state index in [1.165, 1.54) is 36.8 Å². The second kappa shape index (κ2) is 8.77. The highest BCUT2D eigenvalue weighted by Crippen LogP contribution is 2.42. The largest absolute Gasteiger partial charge is 0.309 e. The molecule has 0 saturated heterocycles. The average Bonchev–Trinajstić information content (AvgIpc) is 3.57. The number of fused-ring (bicyclic) bond motifs is 6. The second-order valence-electron chi connectivity index (χ2n) is 9.62. The lowest BCUT2D eigenvalue weighted by molar-refractivity contribution is 1.18. The van der Waals surface area contributed by atoms with Crippen molar-refractivity contribution in [2.75, 3.05) is 0 Å². The Bertz CT molecular complexity index is 2180. The Kier molecular flexibility index (Phi) is 5.05. The normalized spacial score (nSPS) is 11.7. The summed E-state index contributed by atoms with van der Waals surface area (Å²) in [6.07, 6.45) is 0. The molecule has 8 rings (SSSR count). The van der Waals surface area contributed by atoms with Gasteiger partial charge in [-0.2, -0.15) is 0 Å². The smallest absolute Gasteiger partial charge is 0.223 e. The first kappa shape index (κ1) is 22.5. The van der Waals surface area contributed by atoms with Crippen molar-refractivity contribution >= 4 is 65.7 Å². The van der Waals surface area contributed by atoms with Gasteiger partial charge in [0.05, 0.1) is 22.2 Å². The molecule has 0 aliphatic carbocycles. The van der Waals surface area contributed by atoms with Crippen molar-refractivity contribution in [2.45, 2.75) is 0 Å². The van der Waals surface area contributed by atoms with E-state index in [0.29, 0.717) is 0 Å². The summed E-state index contributed by atoms with van der Waals surface area (Å²) in [6, 6.07) is 42.6. The summed E-state index contributed by atoms with van der Waals surface area (Å²) in [5, 5.41) is 4.85. The number of para-hydroxylation sites is 2.